The van der Waals surface area contributed by atoms with Crippen LogP contribution in [0.3, 0.4) is 0 Å². The maximum Gasteiger partial charge on any atom is 0.0175 e. The standard InChI is InChI=1S/C39H35Br/c1-38(2)34-11-7-5-9-30(34)32-21-16-26(23-36(32)38)29(20-15-25-13-18-28(40)19-14-25)27-17-22-33-31-10-6-8-12-35(31)39(3,4)37(33)24-27/h5-14,16-19,21-24,29H,15,20H2,1-4H3. The minimum Gasteiger partial charge on any atom is -0.0619 e. The van der Waals surface area contributed by atoms with Gasteiger partial charge in [0, 0.05) is 21.2 Å². The van der Waals surface area contributed by atoms with Gasteiger partial charge in [0.05, 0.1) is 0 Å². The molecule has 198 valence electrons. The summed E-state index contributed by atoms with van der Waals surface area (Å²) < 4.78 is 1.13. The summed E-state index contributed by atoms with van der Waals surface area (Å²) in [5, 5.41) is 0. The van der Waals surface area contributed by atoms with Crippen molar-refractivity contribution in [1.82, 2.24) is 0 Å². The lowest BCUT2D eigenvalue weighted by Gasteiger charge is -2.26. The molecule has 40 heavy (non-hydrogen) atoms. The molecule has 0 aromatic heterocycles. The third kappa shape index (κ3) is 3.93. The van der Waals surface area contributed by atoms with E-state index in [-0.39, 0.29) is 10.8 Å². The van der Waals surface area contributed by atoms with Crippen molar-refractivity contribution in [3.8, 4) is 22.3 Å². The molecule has 0 amide bonds. The summed E-state index contributed by atoms with van der Waals surface area (Å²) in [5.74, 6) is 0.318. The van der Waals surface area contributed by atoms with Crippen LogP contribution in [0.4, 0.5) is 0 Å². The SMILES string of the molecule is CC1(C)c2ccccc2-c2ccc(C(CCc3ccc(Br)cc3)c3ccc4c(c3)C(C)(C)c3ccccc3-4)cc21. The predicted octanol–water partition coefficient (Wildman–Crippen LogP) is 10.8. The van der Waals surface area contributed by atoms with Crippen LogP contribution in [0.5, 0.6) is 0 Å². The largest absolute Gasteiger partial charge is 0.0619 e. The summed E-state index contributed by atoms with van der Waals surface area (Å²) in [7, 11) is 0. The topological polar surface area (TPSA) is 0 Å². The van der Waals surface area contributed by atoms with Gasteiger partial charge in [0.1, 0.15) is 0 Å². The summed E-state index contributed by atoms with van der Waals surface area (Å²) in [6, 6.07) is 41.3. The number of aryl methyl sites for hydroxylation is 1. The number of hydrogen-bond acceptors (Lipinski definition) is 0. The van der Waals surface area contributed by atoms with Gasteiger partial charge in [0.15, 0.2) is 0 Å². The third-order valence-electron chi connectivity index (χ3n) is 9.65. The van der Waals surface area contributed by atoms with E-state index < -0.39 is 0 Å². The molecule has 0 aliphatic heterocycles. The van der Waals surface area contributed by atoms with Crippen molar-refractivity contribution in [3.05, 3.63) is 153 Å². The van der Waals surface area contributed by atoms with Crippen molar-refractivity contribution in [1.29, 1.82) is 0 Å². The van der Waals surface area contributed by atoms with E-state index in [1.807, 2.05) is 0 Å². The molecule has 0 heterocycles. The van der Waals surface area contributed by atoms with Gasteiger partial charge in [0.25, 0.3) is 0 Å². The Morgan fingerprint density at radius 3 is 1.48 bits per heavy atom. The molecule has 2 aliphatic rings. The van der Waals surface area contributed by atoms with E-state index in [2.05, 4.69) is 153 Å². The van der Waals surface area contributed by atoms with Crippen LogP contribution in [0.1, 0.15) is 79.0 Å². The highest BCUT2D eigenvalue weighted by Crippen LogP contribution is 2.51. The molecule has 0 spiro atoms. The van der Waals surface area contributed by atoms with Crippen LogP contribution in [0.2, 0.25) is 0 Å². The summed E-state index contributed by atoms with van der Waals surface area (Å²) in [6.45, 7) is 9.53. The van der Waals surface area contributed by atoms with Gasteiger partial charge in [0.2, 0.25) is 0 Å². The zero-order valence-corrected chi connectivity index (χ0v) is 25.3. The minimum atomic E-state index is -0.000234. The highest BCUT2D eigenvalue weighted by molar-refractivity contribution is 9.10. The van der Waals surface area contributed by atoms with Gasteiger partial charge < -0.3 is 0 Å². The molecule has 5 aromatic rings. The summed E-state index contributed by atoms with van der Waals surface area (Å²) in [6.07, 6.45) is 2.11. The van der Waals surface area contributed by atoms with E-state index in [0.717, 1.165) is 17.3 Å². The van der Waals surface area contributed by atoms with E-state index in [0.29, 0.717) is 5.92 Å². The molecule has 0 bridgehead atoms. The Labute approximate surface area is 247 Å². The highest BCUT2D eigenvalue weighted by Gasteiger charge is 2.37. The fraction of sp³-hybridized carbons (Fsp3) is 0.231. The average Bonchev–Trinajstić information content (AvgIpc) is 3.34. The lowest BCUT2D eigenvalue weighted by atomic mass is 9.77. The lowest BCUT2D eigenvalue weighted by Crippen LogP contribution is -2.16. The van der Waals surface area contributed by atoms with E-state index >= 15 is 0 Å². The minimum absolute atomic E-state index is 0.000234. The molecule has 0 saturated heterocycles. The molecule has 7 rings (SSSR count). The Hall–Kier alpha value is -3.42. The van der Waals surface area contributed by atoms with Crippen LogP contribution in [0.25, 0.3) is 22.3 Å². The molecule has 2 aliphatic carbocycles. The molecular formula is C39H35Br. The van der Waals surface area contributed by atoms with Gasteiger partial charge in [-0.2, -0.15) is 0 Å². The molecule has 0 radical (unpaired) electrons. The zero-order chi connectivity index (χ0) is 27.6. The summed E-state index contributed by atoms with van der Waals surface area (Å²) in [4.78, 5) is 0. The van der Waals surface area contributed by atoms with Crippen molar-refractivity contribution < 1.29 is 0 Å². The van der Waals surface area contributed by atoms with Crippen LogP contribution >= 0.6 is 15.9 Å². The molecule has 0 fully saturated rings. The van der Waals surface area contributed by atoms with Crippen LogP contribution in [-0.2, 0) is 17.3 Å². The quantitative estimate of drug-likeness (QED) is 0.193. The van der Waals surface area contributed by atoms with Crippen molar-refractivity contribution in [3.63, 3.8) is 0 Å². The highest BCUT2D eigenvalue weighted by atomic mass is 79.9. The first-order valence-electron chi connectivity index (χ1n) is 14.5. The number of halogens is 1. The van der Waals surface area contributed by atoms with Crippen LogP contribution < -0.4 is 0 Å². The van der Waals surface area contributed by atoms with E-state index in [1.165, 1.54) is 61.2 Å². The Kier molecular flexibility index (Phi) is 5.95. The summed E-state index contributed by atoms with van der Waals surface area (Å²) in [5.41, 5.74) is 15.6. The first kappa shape index (κ1) is 25.5. The second-order valence-corrected chi connectivity index (χ2v) is 13.6. The smallest absolute Gasteiger partial charge is 0.0175 e. The summed E-state index contributed by atoms with van der Waals surface area (Å²) >= 11 is 3.60. The maximum atomic E-state index is 3.60. The first-order valence-corrected chi connectivity index (χ1v) is 15.3. The van der Waals surface area contributed by atoms with Crippen molar-refractivity contribution in [2.45, 2.75) is 57.3 Å². The second kappa shape index (κ2) is 9.32. The molecule has 0 N–H and O–H groups in total. The molecule has 0 unspecified atom stereocenters. The second-order valence-electron chi connectivity index (χ2n) is 12.7. The van der Waals surface area contributed by atoms with E-state index in [4.69, 9.17) is 0 Å². The van der Waals surface area contributed by atoms with Gasteiger partial charge in [-0.25, -0.2) is 0 Å². The number of hydrogen-bond donors (Lipinski definition) is 0. The van der Waals surface area contributed by atoms with Crippen molar-refractivity contribution in [2.75, 3.05) is 0 Å². The van der Waals surface area contributed by atoms with Crippen LogP contribution in [0, 0.1) is 0 Å². The fourth-order valence-corrected chi connectivity index (χ4v) is 7.63. The van der Waals surface area contributed by atoms with Gasteiger partial charge >= 0.3 is 0 Å². The molecule has 1 heteroatoms. The van der Waals surface area contributed by atoms with Gasteiger partial charge in [-0.1, -0.05) is 141 Å². The third-order valence-corrected chi connectivity index (χ3v) is 10.2. The molecule has 0 saturated carbocycles. The van der Waals surface area contributed by atoms with Crippen LogP contribution in [0.15, 0.2) is 114 Å². The van der Waals surface area contributed by atoms with Gasteiger partial charge in [-0.05, 0) is 86.2 Å². The number of rotatable bonds is 5. The monoisotopic (exact) mass is 582 g/mol. The Morgan fingerprint density at radius 2 is 0.975 bits per heavy atom. The van der Waals surface area contributed by atoms with Crippen LogP contribution in [-0.4, -0.2) is 0 Å². The molecule has 0 nitrogen and oxygen atoms in total. The maximum absolute atomic E-state index is 3.60. The zero-order valence-electron chi connectivity index (χ0n) is 23.8. The molecule has 5 aromatic carbocycles. The normalized spacial score (nSPS) is 15.4. The fourth-order valence-electron chi connectivity index (χ4n) is 7.37. The van der Waals surface area contributed by atoms with Crippen molar-refractivity contribution >= 4 is 15.9 Å². The Balaban J connectivity index is 1.33. The first-order chi connectivity index (χ1) is 19.2. The molecule has 0 atom stereocenters. The van der Waals surface area contributed by atoms with Gasteiger partial charge in [-0.15, -0.1) is 0 Å². The van der Waals surface area contributed by atoms with E-state index in [9.17, 15) is 0 Å². The number of fused-ring (bicyclic) bond motifs is 6. The van der Waals surface area contributed by atoms with E-state index in [1.54, 1.807) is 0 Å². The average molecular weight is 584 g/mol. The van der Waals surface area contributed by atoms with Gasteiger partial charge in [-0.3, -0.25) is 0 Å². The van der Waals surface area contributed by atoms with Crippen molar-refractivity contribution in [2.24, 2.45) is 0 Å². The molecular weight excluding hydrogens is 548 g/mol. The predicted molar refractivity (Wildman–Crippen MR) is 172 cm³/mol. The Morgan fingerprint density at radius 1 is 0.525 bits per heavy atom. The Bertz CT molecular complexity index is 1650. The number of benzene rings is 5. The lowest BCUT2D eigenvalue weighted by molar-refractivity contribution is 0.649.